The normalized spacial score (nSPS) is 15.8. The van der Waals surface area contributed by atoms with Crippen molar-refractivity contribution in [2.24, 2.45) is 5.10 Å². The summed E-state index contributed by atoms with van der Waals surface area (Å²) in [6.07, 6.45) is 1.59. The number of benzene rings is 2. The fourth-order valence-electron chi connectivity index (χ4n) is 4.01. The highest BCUT2D eigenvalue weighted by atomic mass is 35.5. The smallest absolute Gasteiger partial charge is 0.345 e. The van der Waals surface area contributed by atoms with Crippen molar-refractivity contribution in [1.29, 1.82) is 0 Å². The monoisotopic (exact) mass is 553 g/mol. The highest BCUT2D eigenvalue weighted by molar-refractivity contribution is 6.33. The number of hydrazone groups is 1. The Morgan fingerprint density at radius 3 is 2.21 bits per heavy atom. The molecule has 0 amide bonds. The molecule has 1 aromatic heterocycles. The minimum absolute atomic E-state index is 0.260. The first-order valence-corrected chi connectivity index (χ1v) is 12.8. The molecule has 5 rings (SSSR count). The fraction of sp³-hybridized carbons (Fsp3) is 0.346. The summed E-state index contributed by atoms with van der Waals surface area (Å²) in [5.41, 5.74) is 3.88. The number of carbonyl (C=O) groups excluding carboxylic acids is 1. The number of nitrogens with zero attached hydrogens (tertiary/aromatic N) is 6. The van der Waals surface area contributed by atoms with Gasteiger partial charge in [0.1, 0.15) is 0 Å². The van der Waals surface area contributed by atoms with Crippen molar-refractivity contribution in [2.45, 2.75) is 0 Å². The molecular weight excluding hydrogens is 526 g/mol. The largest absolute Gasteiger partial charge is 0.493 e. The molecule has 0 bridgehead atoms. The second-order valence-corrected chi connectivity index (χ2v) is 9.01. The van der Waals surface area contributed by atoms with Gasteiger partial charge in [-0.3, -0.25) is 0 Å². The number of anilines is 3. The van der Waals surface area contributed by atoms with Crippen LogP contribution in [0.25, 0.3) is 0 Å². The predicted octanol–water partition coefficient (Wildman–Crippen LogP) is 2.87. The van der Waals surface area contributed by atoms with Crippen LogP contribution in [0.1, 0.15) is 15.9 Å². The quantitative estimate of drug-likeness (QED) is 0.192. The van der Waals surface area contributed by atoms with E-state index in [1.54, 1.807) is 48.7 Å². The molecule has 0 aliphatic carbocycles. The fourth-order valence-corrected chi connectivity index (χ4v) is 4.22. The Kier molecular flexibility index (Phi) is 8.66. The number of morpholine rings is 2. The number of esters is 1. The number of ether oxygens (including phenoxy) is 4. The lowest BCUT2D eigenvalue weighted by atomic mass is 10.2. The van der Waals surface area contributed by atoms with Gasteiger partial charge in [-0.2, -0.15) is 20.1 Å². The minimum Gasteiger partial charge on any atom is -0.493 e. The number of nitrogens with one attached hydrogen (secondary N) is 1. The number of aromatic nitrogens is 3. The van der Waals surface area contributed by atoms with E-state index in [-0.39, 0.29) is 11.3 Å². The Morgan fingerprint density at radius 2 is 1.59 bits per heavy atom. The van der Waals surface area contributed by atoms with Crippen LogP contribution in [-0.4, -0.2) is 86.9 Å². The van der Waals surface area contributed by atoms with Gasteiger partial charge in [0.05, 0.1) is 50.3 Å². The van der Waals surface area contributed by atoms with E-state index >= 15 is 0 Å². The summed E-state index contributed by atoms with van der Waals surface area (Å²) in [6, 6.07) is 11.8. The minimum atomic E-state index is -0.580. The van der Waals surface area contributed by atoms with Crippen molar-refractivity contribution in [3.05, 3.63) is 58.6 Å². The summed E-state index contributed by atoms with van der Waals surface area (Å²) in [6.45, 7) is 5.25. The second kappa shape index (κ2) is 12.7. The first-order chi connectivity index (χ1) is 19.1. The molecule has 2 saturated heterocycles. The molecule has 204 valence electrons. The summed E-state index contributed by atoms with van der Waals surface area (Å²) >= 11 is 6.11. The van der Waals surface area contributed by atoms with E-state index in [0.29, 0.717) is 86.8 Å². The standard InChI is InChI=1S/C26H28ClN7O5/c1-36-22-16-18(6-7-21(22)39-23(35)19-4-2-3-5-20(19)27)17-28-32-24-29-25(33-8-12-37-13-9-33)31-26(30-24)34-10-14-38-15-11-34/h2-7,16-17H,8-15H2,1H3,(H,29,30,31,32)/b28-17-. The van der Waals surface area contributed by atoms with Crippen LogP contribution >= 0.6 is 11.6 Å². The van der Waals surface area contributed by atoms with Gasteiger partial charge in [0.15, 0.2) is 11.5 Å². The van der Waals surface area contributed by atoms with Gasteiger partial charge in [-0.25, -0.2) is 10.2 Å². The van der Waals surface area contributed by atoms with E-state index in [2.05, 4.69) is 30.3 Å². The maximum atomic E-state index is 12.6. The second-order valence-electron chi connectivity index (χ2n) is 8.61. The number of methoxy groups -OCH3 is 1. The zero-order valence-corrected chi connectivity index (χ0v) is 22.1. The average molecular weight is 554 g/mol. The maximum Gasteiger partial charge on any atom is 0.345 e. The van der Waals surface area contributed by atoms with Gasteiger partial charge in [0.2, 0.25) is 17.8 Å². The Hall–Kier alpha value is -4.00. The van der Waals surface area contributed by atoms with Gasteiger partial charge in [-0.15, -0.1) is 0 Å². The molecule has 0 unspecified atom stereocenters. The van der Waals surface area contributed by atoms with Crippen LogP contribution in [0.5, 0.6) is 11.5 Å². The molecule has 3 aromatic rings. The highest BCUT2D eigenvalue weighted by Crippen LogP contribution is 2.29. The Morgan fingerprint density at radius 1 is 0.949 bits per heavy atom. The molecule has 13 heteroatoms. The summed E-state index contributed by atoms with van der Waals surface area (Å²) in [4.78, 5) is 30.5. The van der Waals surface area contributed by atoms with Crippen molar-refractivity contribution in [2.75, 3.05) is 74.9 Å². The lowest BCUT2D eigenvalue weighted by molar-refractivity contribution is 0.0730. The van der Waals surface area contributed by atoms with Crippen molar-refractivity contribution in [3.8, 4) is 11.5 Å². The molecule has 12 nitrogen and oxygen atoms in total. The van der Waals surface area contributed by atoms with Crippen LogP contribution in [0.4, 0.5) is 17.8 Å². The molecule has 2 aromatic carbocycles. The summed E-state index contributed by atoms with van der Waals surface area (Å²) in [7, 11) is 1.49. The lowest BCUT2D eigenvalue weighted by Crippen LogP contribution is -2.40. The summed E-state index contributed by atoms with van der Waals surface area (Å²) in [5, 5.41) is 4.62. The van der Waals surface area contributed by atoms with Crippen molar-refractivity contribution in [3.63, 3.8) is 0 Å². The molecule has 39 heavy (non-hydrogen) atoms. The van der Waals surface area contributed by atoms with Crippen LogP contribution in [0.3, 0.4) is 0 Å². The molecule has 0 atom stereocenters. The van der Waals surface area contributed by atoms with Gasteiger partial charge in [-0.05, 0) is 35.9 Å². The van der Waals surface area contributed by atoms with Crippen molar-refractivity contribution < 1.29 is 23.7 Å². The lowest BCUT2D eigenvalue weighted by Gasteiger charge is -2.30. The molecular formula is C26H28ClN7O5. The van der Waals surface area contributed by atoms with Crippen molar-refractivity contribution >= 4 is 41.6 Å². The number of carbonyl (C=O) groups is 1. The van der Waals surface area contributed by atoms with Crippen LogP contribution < -0.4 is 24.7 Å². The molecule has 3 heterocycles. The van der Waals surface area contributed by atoms with Gasteiger partial charge < -0.3 is 28.7 Å². The first-order valence-electron chi connectivity index (χ1n) is 12.5. The van der Waals surface area contributed by atoms with Gasteiger partial charge in [0, 0.05) is 26.2 Å². The van der Waals surface area contributed by atoms with Gasteiger partial charge >= 0.3 is 5.97 Å². The Labute approximate surface area is 230 Å². The molecule has 2 fully saturated rings. The zero-order chi connectivity index (χ0) is 27.0. The van der Waals surface area contributed by atoms with E-state index < -0.39 is 5.97 Å². The topological polar surface area (TPSA) is 124 Å². The third kappa shape index (κ3) is 6.72. The Balaban J connectivity index is 1.31. The van der Waals surface area contributed by atoms with Crippen LogP contribution in [-0.2, 0) is 9.47 Å². The molecule has 0 saturated carbocycles. The van der Waals surface area contributed by atoms with Crippen LogP contribution in [0.2, 0.25) is 5.02 Å². The molecule has 2 aliphatic heterocycles. The maximum absolute atomic E-state index is 12.6. The van der Waals surface area contributed by atoms with E-state index in [4.69, 9.17) is 35.5 Å². The molecule has 0 spiro atoms. The highest BCUT2D eigenvalue weighted by Gasteiger charge is 2.21. The average Bonchev–Trinajstić information content (AvgIpc) is 2.98. The summed E-state index contributed by atoms with van der Waals surface area (Å²) in [5.74, 6) is 1.50. The first kappa shape index (κ1) is 26.6. The van der Waals surface area contributed by atoms with Gasteiger partial charge in [-0.1, -0.05) is 23.7 Å². The van der Waals surface area contributed by atoms with Crippen LogP contribution in [0, 0.1) is 0 Å². The van der Waals surface area contributed by atoms with Crippen molar-refractivity contribution in [1.82, 2.24) is 15.0 Å². The Bertz CT molecular complexity index is 1290. The van der Waals surface area contributed by atoms with E-state index in [0.717, 1.165) is 0 Å². The molecule has 1 N–H and O–H groups in total. The number of hydrogen-bond acceptors (Lipinski definition) is 12. The number of halogens is 1. The number of hydrogen-bond donors (Lipinski definition) is 1. The third-order valence-corrected chi connectivity index (χ3v) is 6.39. The van der Waals surface area contributed by atoms with Gasteiger partial charge in [0.25, 0.3) is 0 Å². The molecule has 0 radical (unpaired) electrons. The third-order valence-electron chi connectivity index (χ3n) is 6.06. The predicted molar refractivity (Wildman–Crippen MR) is 147 cm³/mol. The molecule has 2 aliphatic rings. The zero-order valence-electron chi connectivity index (χ0n) is 21.4. The van der Waals surface area contributed by atoms with E-state index in [1.807, 2.05) is 0 Å². The van der Waals surface area contributed by atoms with Crippen LogP contribution in [0.15, 0.2) is 47.6 Å². The summed E-state index contributed by atoms with van der Waals surface area (Å²) < 4.78 is 21.9. The van der Waals surface area contributed by atoms with E-state index in [9.17, 15) is 4.79 Å². The number of rotatable bonds is 8. The van der Waals surface area contributed by atoms with E-state index in [1.165, 1.54) is 7.11 Å². The SMILES string of the molecule is COc1cc(/C=N\Nc2nc(N3CCOCC3)nc(N3CCOCC3)n2)ccc1OC(=O)c1ccccc1Cl.